The average molecular weight is 427 g/mol. The van der Waals surface area contributed by atoms with Crippen LogP contribution in [0.4, 0.5) is 14.7 Å². The van der Waals surface area contributed by atoms with Gasteiger partial charge in [0, 0.05) is 5.56 Å². The third-order valence-electron chi connectivity index (χ3n) is 3.68. The van der Waals surface area contributed by atoms with E-state index in [2.05, 4.69) is 10.5 Å². The molecule has 2 aromatic carbocycles. The topological polar surface area (TPSA) is 81.4 Å². The third kappa shape index (κ3) is 3.69. The molecule has 144 valence electrons. The molecule has 0 spiro atoms. The molecule has 1 heterocycles. The molecule has 0 aliphatic rings. The fraction of sp³-hybridized carbons (Fsp3) is 0.0556. The van der Waals surface area contributed by atoms with Crippen LogP contribution in [0, 0.1) is 11.6 Å². The van der Waals surface area contributed by atoms with Gasteiger partial charge in [0.15, 0.2) is 5.56 Å². The molecule has 0 atom stereocenters. The zero-order chi connectivity index (χ0) is 20.4. The average Bonchev–Trinajstić information content (AvgIpc) is 3.06. The Labute approximate surface area is 167 Å². The molecule has 28 heavy (non-hydrogen) atoms. The maximum Gasteiger partial charge on any atom is 0.345 e. The summed E-state index contributed by atoms with van der Waals surface area (Å²) in [5.74, 6) is -4.20. The SMILES string of the molecule is COC(=O)c1c(-c2c(Cl)cccc2Cl)noc1NC(=O)c1cc(F)ccc1F. The lowest BCUT2D eigenvalue weighted by Crippen LogP contribution is -2.16. The minimum Gasteiger partial charge on any atom is -0.465 e. The quantitative estimate of drug-likeness (QED) is 0.595. The van der Waals surface area contributed by atoms with Gasteiger partial charge in [0.1, 0.15) is 17.3 Å². The van der Waals surface area contributed by atoms with Crippen LogP contribution in [0.2, 0.25) is 10.0 Å². The fourth-order valence-corrected chi connectivity index (χ4v) is 2.98. The molecule has 0 unspecified atom stereocenters. The van der Waals surface area contributed by atoms with Crippen molar-refractivity contribution in [3.8, 4) is 11.3 Å². The van der Waals surface area contributed by atoms with Crippen molar-refractivity contribution in [2.75, 3.05) is 12.4 Å². The molecule has 3 aromatic rings. The van der Waals surface area contributed by atoms with Crippen LogP contribution in [0.15, 0.2) is 40.9 Å². The minimum atomic E-state index is -1.06. The molecule has 1 N–H and O–H groups in total. The second-order valence-electron chi connectivity index (χ2n) is 5.40. The number of benzene rings is 2. The fourth-order valence-electron chi connectivity index (χ4n) is 2.40. The molecule has 0 saturated heterocycles. The first-order chi connectivity index (χ1) is 13.3. The first kappa shape index (κ1) is 19.8. The maximum atomic E-state index is 13.8. The third-order valence-corrected chi connectivity index (χ3v) is 4.31. The van der Waals surface area contributed by atoms with Crippen LogP contribution in [-0.4, -0.2) is 24.1 Å². The summed E-state index contributed by atoms with van der Waals surface area (Å²) in [6.45, 7) is 0. The Morgan fingerprint density at radius 1 is 1.14 bits per heavy atom. The monoisotopic (exact) mass is 426 g/mol. The van der Waals surface area contributed by atoms with E-state index in [0.29, 0.717) is 6.07 Å². The predicted octanol–water partition coefficient (Wildman–Crippen LogP) is 4.97. The van der Waals surface area contributed by atoms with Crippen LogP contribution >= 0.6 is 23.2 Å². The second kappa shape index (κ2) is 7.95. The van der Waals surface area contributed by atoms with E-state index in [9.17, 15) is 18.4 Å². The standard InChI is InChI=1S/C18H10Cl2F2N2O4/c1-27-18(26)14-15(13-10(19)3-2-4-11(13)20)24-28-17(14)23-16(25)9-7-8(21)5-6-12(9)22/h2-7H,1H3,(H,23,25). The first-order valence-corrected chi connectivity index (χ1v) is 8.37. The molecular formula is C18H10Cl2F2N2O4. The number of halogens is 4. The normalized spacial score (nSPS) is 10.6. The first-order valence-electron chi connectivity index (χ1n) is 7.62. The molecule has 0 aliphatic heterocycles. The highest BCUT2D eigenvalue weighted by molar-refractivity contribution is 6.39. The molecule has 6 nitrogen and oxygen atoms in total. The highest BCUT2D eigenvalue weighted by atomic mass is 35.5. The van der Waals surface area contributed by atoms with Crippen LogP contribution in [-0.2, 0) is 4.74 Å². The Morgan fingerprint density at radius 2 is 1.82 bits per heavy atom. The molecule has 0 radical (unpaired) electrons. The molecule has 0 fully saturated rings. The number of carbonyl (C=O) groups is 2. The van der Waals surface area contributed by atoms with Crippen LogP contribution in [0.5, 0.6) is 0 Å². The van der Waals surface area contributed by atoms with Gasteiger partial charge in [-0.1, -0.05) is 34.4 Å². The van der Waals surface area contributed by atoms with E-state index in [1.807, 2.05) is 0 Å². The van der Waals surface area contributed by atoms with E-state index in [4.69, 9.17) is 32.5 Å². The van der Waals surface area contributed by atoms with Crippen molar-refractivity contribution in [2.24, 2.45) is 0 Å². The number of ether oxygens (including phenoxy) is 1. The van der Waals surface area contributed by atoms with Crippen LogP contribution in [0.3, 0.4) is 0 Å². The van der Waals surface area contributed by atoms with E-state index < -0.39 is 35.0 Å². The van der Waals surface area contributed by atoms with Gasteiger partial charge in [-0.3, -0.25) is 10.1 Å². The summed E-state index contributed by atoms with van der Waals surface area (Å²) >= 11 is 12.3. The number of hydrogen-bond acceptors (Lipinski definition) is 5. The highest BCUT2D eigenvalue weighted by Gasteiger charge is 2.29. The number of rotatable bonds is 4. The summed E-state index contributed by atoms with van der Waals surface area (Å²) in [6, 6.07) is 6.96. The van der Waals surface area contributed by atoms with Gasteiger partial charge in [0.05, 0.1) is 22.7 Å². The summed E-state index contributed by atoms with van der Waals surface area (Å²) < 4.78 is 36.9. The van der Waals surface area contributed by atoms with Crippen molar-refractivity contribution < 1.29 is 27.6 Å². The molecular weight excluding hydrogens is 417 g/mol. The van der Waals surface area contributed by atoms with Crippen molar-refractivity contribution in [2.45, 2.75) is 0 Å². The van der Waals surface area contributed by atoms with Crippen molar-refractivity contribution >= 4 is 41.0 Å². The number of nitrogens with one attached hydrogen (secondary N) is 1. The Morgan fingerprint density at radius 3 is 2.46 bits per heavy atom. The number of anilines is 1. The predicted molar refractivity (Wildman–Crippen MR) is 97.6 cm³/mol. The van der Waals surface area contributed by atoms with Crippen molar-refractivity contribution in [1.29, 1.82) is 0 Å². The van der Waals surface area contributed by atoms with E-state index in [-0.39, 0.29) is 26.9 Å². The maximum absolute atomic E-state index is 13.8. The number of hydrogen-bond donors (Lipinski definition) is 1. The zero-order valence-electron chi connectivity index (χ0n) is 14.1. The van der Waals surface area contributed by atoms with Crippen molar-refractivity contribution in [3.63, 3.8) is 0 Å². The summed E-state index contributed by atoms with van der Waals surface area (Å²) in [6.07, 6.45) is 0. The number of carbonyl (C=O) groups excluding carboxylic acids is 2. The Hall–Kier alpha value is -2.97. The van der Waals surface area contributed by atoms with Gasteiger partial charge in [-0.2, -0.15) is 0 Å². The highest BCUT2D eigenvalue weighted by Crippen LogP contribution is 2.38. The van der Waals surface area contributed by atoms with Gasteiger partial charge in [-0.25, -0.2) is 13.6 Å². The van der Waals surface area contributed by atoms with Crippen LogP contribution in [0.25, 0.3) is 11.3 Å². The minimum absolute atomic E-state index is 0.0857. The summed E-state index contributed by atoms with van der Waals surface area (Å²) in [4.78, 5) is 24.6. The lowest BCUT2D eigenvalue weighted by atomic mass is 10.1. The van der Waals surface area contributed by atoms with Gasteiger partial charge in [0.2, 0.25) is 5.88 Å². The number of aromatic nitrogens is 1. The number of methoxy groups -OCH3 is 1. The van der Waals surface area contributed by atoms with Gasteiger partial charge < -0.3 is 9.26 Å². The zero-order valence-corrected chi connectivity index (χ0v) is 15.6. The van der Waals surface area contributed by atoms with Gasteiger partial charge in [-0.05, 0) is 30.3 Å². The molecule has 3 rings (SSSR count). The summed E-state index contributed by atoms with van der Waals surface area (Å²) in [5, 5.41) is 6.25. The lowest BCUT2D eigenvalue weighted by molar-refractivity contribution is 0.0602. The largest absolute Gasteiger partial charge is 0.465 e. The number of nitrogens with zero attached hydrogens (tertiary/aromatic N) is 1. The van der Waals surface area contributed by atoms with Gasteiger partial charge in [0.25, 0.3) is 5.91 Å². The smallest absolute Gasteiger partial charge is 0.345 e. The van der Waals surface area contributed by atoms with E-state index in [1.54, 1.807) is 6.07 Å². The molecule has 1 aromatic heterocycles. The van der Waals surface area contributed by atoms with Crippen molar-refractivity contribution in [3.05, 3.63) is 69.2 Å². The van der Waals surface area contributed by atoms with Crippen LogP contribution < -0.4 is 5.32 Å². The Bertz CT molecular complexity index is 1070. The van der Waals surface area contributed by atoms with Gasteiger partial charge in [-0.15, -0.1) is 0 Å². The van der Waals surface area contributed by atoms with E-state index in [1.165, 1.54) is 12.1 Å². The van der Waals surface area contributed by atoms with Crippen LogP contribution in [0.1, 0.15) is 20.7 Å². The molecule has 0 bridgehead atoms. The van der Waals surface area contributed by atoms with E-state index >= 15 is 0 Å². The summed E-state index contributed by atoms with van der Waals surface area (Å²) in [5.41, 5.74) is -0.794. The molecule has 10 heteroatoms. The number of esters is 1. The second-order valence-corrected chi connectivity index (χ2v) is 6.22. The molecule has 1 amide bonds. The Kier molecular flexibility index (Phi) is 5.62. The molecule has 0 saturated carbocycles. The number of amides is 1. The van der Waals surface area contributed by atoms with Crippen molar-refractivity contribution in [1.82, 2.24) is 5.16 Å². The summed E-state index contributed by atoms with van der Waals surface area (Å²) in [7, 11) is 1.10. The van der Waals surface area contributed by atoms with Gasteiger partial charge >= 0.3 is 5.97 Å². The molecule has 0 aliphatic carbocycles. The Balaban J connectivity index is 2.08. The van der Waals surface area contributed by atoms with E-state index in [0.717, 1.165) is 19.2 Å². The lowest BCUT2D eigenvalue weighted by Gasteiger charge is -2.07.